The Balaban J connectivity index is 1.81. The maximum atomic E-state index is 6.18. The van der Waals surface area contributed by atoms with E-state index in [4.69, 9.17) is 27.8 Å². The minimum Gasteiger partial charge on any atom is -0.491 e. The number of benzene rings is 1. The lowest BCUT2D eigenvalue weighted by atomic mass is 10.1. The summed E-state index contributed by atoms with van der Waals surface area (Å²) in [5.41, 5.74) is 14.2. The van der Waals surface area contributed by atoms with E-state index in [0.29, 0.717) is 29.7 Å². The molecule has 1 aromatic heterocycles. The highest BCUT2D eigenvalue weighted by Gasteiger charge is 2.42. The number of nitrogens with zero attached hydrogens (tertiary/aromatic N) is 1. The third-order valence-corrected chi connectivity index (χ3v) is 4.27. The van der Waals surface area contributed by atoms with Gasteiger partial charge in [0.25, 0.3) is 0 Å². The van der Waals surface area contributed by atoms with E-state index >= 15 is 0 Å². The van der Waals surface area contributed by atoms with Gasteiger partial charge >= 0.3 is 0 Å². The Bertz CT molecular complexity index is 638. The molecule has 110 valence electrons. The molecule has 4 nitrogen and oxygen atoms in total. The molecule has 5 heteroatoms. The number of ether oxygens (including phenoxy) is 1. The first-order valence-corrected chi connectivity index (χ1v) is 7.34. The van der Waals surface area contributed by atoms with E-state index in [0.717, 1.165) is 24.0 Å². The molecule has 1 saturated carbocycles. The van der Waals surface area contributed by atoms with Crippen molar-refractivity contribution in [3.05, 3.63) is 41.7 Å². The van der Waals surface area contributed by atoms with Gasteiger partial charge < -0.3 is 16.2 Å². The highest BCUT2D eigenvalue weighted by atomic mass is 35.5. The van der Waals surface area contributed by atoms with Gasteiger partial charge in [-0.1, -0.05) is 23.7 Å². The van der Waals surface area contributed by atoms with Crippen LogP contribution in [0.1, 0.15) is 12.8 Å². The Labute approximate surface area is 129 Å². The average Bonchev–Trinajstić information content (AvgIpc) is 3.28. The Morgan fingerprint density at radius 1 is 1.24 bits per heavy atom. The number of aromatic nitrogens is 1. The molecule has 3 rings (SSSR count). The van der Waals surface area contributed by atoms with Gasteiger partial charge in [-0.25, -0.2) is 4.98 Å². The van der Waals surface area contributed by atoms with Crippen molar-refractivity contribution in [2.45, 2.75) is 12.8 Å². The predicted molar refractivity (Wildman–Crippen MR) is 85.3 cm³/mol. The fourth-order valence-corrected chi connectivity index (χ4v) is 2.41. The van der Waals surface area contributed by atoms with Crippen LogP contribution in [0.5, 0.6) is 5.75 Å². The maximum absolute atomic E-state index is 6.18. The maximum Gasteiger partial charge on any atom is 0.138 e. The fourth-order valence-electron chi connectivity index (χ4n) is 2.19. The number of nitrogen functional groups attached to an aromatic ring is 1. The van der Waals surface area contributed by atoms with Crippen LogP contribution in [0.15, 0.2) is 36.5 Å². The van der Waals surface area contributed by atoms with Crippen molar-refractivity contribution in [2.75, 3.05) is 18.9 Å². The van der Waals surface area contributed by atoms with Crippen molar-refractivity contribution in [1.29, 1.82) is 0 Å². The summed E-state index contributed by atoms with van der Waals surface area (Å²) in [6, 6.07) is 9.43. The lowest BCUT2D eigenvalue weighted by Gasteiger charge is -2.14. The first-order chi connectivity index (χ1) is 10.1. The largest absolute Gasteiger partial charge is 0.491 e. The van der Waals surface area contributed by atoms with Gasteiger partial charge in [-0.3, -0.25) is 0 Å². The van der Waals surface area contributed by atoms with Crippen LogP contribution in [0.4, 0.5) is 5.69 Å². The molecule has 0 spiro atoms. The summed E-state index contributed by atoms with van der Waals surface area (Å²) in [7, 11) is 0. The highest BCUT2D eigenvalue weighted by molar-refractivity contribution is 6.32. The summed E-state index contributed by atoms with van der Waals surface area (Å²) < 4.78 is 5.84. The molecule has 0 bridgehead atoms. The number of hydrogen-bond acceptors (Lipinski definition) is 4. The normalized spacial score (nSPS) is 15.7. The van der Waals surface area contributed by atoms with Crippen LogP contribution in [-0.2, 0) is 0 Å². The number of nitrogens with two attached hydrogens (primary N) is 2. The van der Waals surface area contributed by atoms with Crippen molar-refractivity contribution in [3.63, 3.8) is 0 Å². The molecule has 0 amide bonds. The molecular formula is C16H18ClN3O. The number of pyridine rings is 1. The Morgan fingerprint density at radius 3 is 2.57 bits per heavy atom. The van der Waals surface area contributed by atoms with Gasteiger partial charge in [0.05, 0.1) is 12.8 Å². The number of anilines is 1. The second-order valence-electron chi connectivity index (χ2n) is 5.62. The molecular weight excluding hydrogens is 286 g/mol. The summed E-state index contributed by atoms with van der Waals surface area (Å²) in [5, 5.41) is 0.451. The first kappa shape index (κ1) is 14.2. The van der Waals surface area contributed by atoms with Crippen LogP contribution in [0.25, 0.3) is 11.1 Å². The van der Waals surface area contributed by atoms with Gasteiger partial charge in [-0.2, -0.15) is 0 Å². The third kappa shape index (κ3) is 3.12. The van der Waals surface area contributed by atoms with Gasteiger partial charge in [-0.05, 0) is 36.6 Å². The lowest BCUT2D eigenvalue weighted by Crippen LogP contribution is -2.22. The molecule has 1 heterocycles. The van der Waals surface area contributed by atoms with Crippen LogP contribution >= 0.6 is 11.6 Å². The quantitative estimate of drug-likeness (QED) is 0.657. The van der Waals surface area contributed by atoms with Crippen LogP contribution in [0.3, 0.4) is 0 Å². The van der Waals surface area contributed by atoms with Crippen molar-refractivity contribution < 1.29 is 4.74 Å². The second kappa shape index (κ2) is 5.54. The molecule has 1 aromatic carbocycles. The second-order valence-corrected chi connectivity index (χ2v) is 5.98. The van der Waals surface area contributed by atoms with E-state index in [2.05, 4.69) is 4.98 Å². The summed E-state index contributed by atoms with van der Waals surface area (Å²) >= 11 is 6.18. The standard InChI is InChI=1S/C16H18ClN3O/c17-15-14(11-1-3-12(19)4-2-11)7-13(8-20-15)21-10-16(9-18)5-6-16/h1-4,7-8H,5-6,9-10,18-19H2. The van der Waals surface area contributed by atoms with E-state index in [1.807, 2.05) is 30.3 Å². The number of hydrogen-bond donors (Lipinski definition) is 2. The third-order valence-electron chi connectivity index (χ3n) is 3.97. The summed E-state index contributed by atoms with van der Waals surface area (Å²) in [4.78, 5) is 4.20. The number of rotatable bonds is 5. The van der Waals surface area contributed by atoms with Crippen LogP contribution in [-0.4, -0.2) is 18.1 Å². The molecule has 21 heavy (non-hydrogen) atoms. The Morgan fingerprint density at radius 2 is 1.95 bits per heavy atom. The van der Waals surface area contributed by atoms with E-state index in [-0.39, 0.29) is 5.41 Å². The van der Waals surface area contributed by atoms with Gasteiger partial charge in [0.15, 0.2) is 0 Å². The van der Waals surface area contributed by atoms with Crippen molar-refractivity contribution in [2.24, 2.45) is 11.1 Å². The molecule has 0 unspecified atom stereocenters. The molecule has 1 aliphatic carbocycles. The van der Waals surface area contributed by atoms with E-state index in [1.165, 1.54) is 0 Å². The lowest BCUT2D eigenvalue weighted by molar-refractivity contribution is 0.238. The topological polar surface area (TPSA) is 74.2 Å². The molecule has 0 aliphatic heterocycles. The summed E-state index contributed by atoms with van der Waals surface area (Å²) in [6.07, 6.45) is 3.92. The zero-order chi connectivity index (χ0) is 14.9. The Hall–Kier alpha value is -1.78. The smallest absolute Gasteiger partial charge is 0.138 e. The molecule has 4 N–H and O–H groups in total. The first-order valence-electron chi connectivity index (χ1n) is 6.96. The van der Waals surface area contributed by atoms with Crippen molar-refractivity contribution in [3.8, 4) is 16.9 Å². The monoisotopic (exact) mass is 303 g/mol. The summed E-state index contributed by atoms with van der Waals surface area (Å²) in [6.45, 7) is 1.30. The van der Waals surface area contributed by atoms with E-state index in [9.17, 15) is 0 Å². The SMILES string of the molecule is NCC1(COc2cnc(Cl)c(-c3ccc(N)cc3)c2)CC1. The molecule has 1 aliphatic rings. The Kier molecular flexibility index (Phi) is 3.74. The van der Waals surface area contributed by atoms with Crippen LogP contribution in [0.2, 0.25) is 5.15 Å². The molecule has 0 saturated heterocycles. The minimum absolute atomic E-state index is 0.168. The van der Waals surface area contributed by atoms with E-state index < -0.39 is 0 Å². The molecule has 0 atom stereocenters. The van der Waals surface area contributed by atoms with Gasteiger partial charge in [0.2, 0.25) is 0 Å². The van der Waals surface area contributed by atoms with E-state index in [1.54, 1.807) is 6.20 Å². The molecule has 0 radical (unpaired) electrons. The average molecular weight is 304 g/mol. The van der Waals surface area contributed by atoms with Crippen molar-refractivity contribution in [1.82, 2.24) is 4.98 Å². The van der Waals surface area contributed by atoms with Gasteiger partial charge in [0, 0.05) is 23.2 Å². The number of halogens is 1. The minimum atomic E-state index is 0.168. The predicted octanol–water partition coefficient (Wildman–Crippen LogP) is 3.10. The zero-order valence-electron chi connectivity index (χ0n) is 11.7. The summed E-state index contributed by atoms with van der Waals surface area (Å²) in [5.74, 6) is 0.714. The van der Waals surface area contributed by atoms with Gasteiger partial charge in [-0.15, -0.1) is 0 Å². The van der Waals surface area contributed by atoms with Crippen LogP contribution < -0.4 is 16.2 Å². The van der Waals surface area contributed by atoms with Crippen LogP contribution in [0, 0.1) is 5.41 Å². The molecule has 2 aromatic rings. The van der Waals surface area contributed by atoms with Gasteiger partial charge in [0.1, 0.15) is 10.9 Å². The van der Waals surface area contributed by atoms with Crippen molar-refractivity contribution >= 4 is 17.3 Å². The highest BCUT2D eigenvalue weighted by Crippen LogP contribution is 2.44. The zero-order valence-corrected chi connectivity index (χ0v) is 12.4. The molecule has 1 fully saturated rings. The fraction of sp³-hybridized carbons (Fsp3) is 0.312.